The highest BCUT2D eigenvalue weighted by Gasteiger charge is 2.45. The van der Waals surface area contributed by atoms with E-state index in [9.17, 15) is 19.5 Å². The Morgan fingerprint density at radius 1 is 1.23 bits per heavy atom. The molecule has 138 valence electrons. The van der Waals surface area contributed by atoms with Crippen LogP contribution in [0.5, 0.6) is 0 Å². The molecule has 2 saturated heterocycles. The van der Waals surface area contributed by atoms with Gasteiger partial charge in [-0.3, -0.25) is 24.7 Å². The zero-order valence-corrected chi connectivity index (χ0v) is 14.6. The van der Waals surface area contributed by atoms with Gasteiger partial charge in [-0.15, -0.1) is 0 Å². The molecule has 3 N–H and O–H groups in total. The minimum absolute atomic E-state index is 0.217. The summed E-state index contributed by atoms with van der Waals surface area (Å²) in [6.07, 6.45) is 1.67. The van der Waals surface area contributed by atoms with E-state index < -0.39 is 17.6 Å². The molecule has 3 aliphatic rings. The molecule has 0 aromatic carbocycles. The molecule has 4 heterocycles. The highest BCUT2D eigenvalue weighted by atomic mass is 16.3. The zero-order valence-electron chi connectivity index (χ0n) is 14.6. The van der Waals surface area contributed by atoms with E-state index in [0.29, 0.717) is 49.3 Å². The Morgan fingerprint density at radius 2 is 1.96 bits per heavy atom. The Labute approximate surface area is 151 Å². The number of piperidine rings is 2. The minimum Gasteiger partial charge on any atom is -0.383 e. The van der Waals surface area contributed by atoms with Gasteiger partial charge in [-0.1, -0.05) is 0 Å². The first-order chi connectivity index (χ1) is 12.4. The fourth-order valence-corrected chi connectivity index (χ4v) is 4.14. The zero-order chi connectivity index (χ0) is 18.5. The second-order valence-corrected chi connectivity index (χ2v) is 7.27. The molecule has 8 nitrogen and oxygen atoms in total. The Hall–Kier alpha value is -2.32. The molecule has 3 aliphatic heterocycles. The number of hydrogen-bond acceptors (Lipinski definition) is 6. The Balaban J connectivity index is 1.65. The number of aliphatic hydroxyl groups is 1. The normalized spacial score (nSPS) is 28.1. The van der Waals surface area contributed by atoms with Crippen molar-refractivity contribution in [1.29, 1.82) is 0 Å². The van der Waals surface area contributed by atoms with Gasteiger partial charge in [-0.05, 0) is 51.4 Å². The quantitative estimate of drug-likeness (QED) is 0.641. The molecule has 1 aromatic rings. The number of aromatic nitrogens is 1. The highest BCUT2D eigenvalue weighted by molar-refractivity contribution is 6.05. The van der Waals surface area contributed by atoms with Crippen LogP contribution < -0.4 is 10.6 Å². The molecule has 2 atom stereocenters. The van der Waals surface area contributed by atoms with E-state index in [-0.39, 0.29) is 24.3 Å². The summed E-state index contributed by atoms with van der Waals surface area (Å²) in [5.41, 5.74) is 0.626. The summed E-state index contributed by atoms with van der Waals surface area (Å²) >= 11 is 0. The number of fused-ring (bicyclic) bond motifs is 1. The molecule has 0 radical (unpaired) electrons. The summed E-state index contributed by atoms with van der Waals surface area (Å²) in [6, 6.07) is 2.35. The lowest BCUT2D eigenvalue weighted by molar-refractivity contribution is -0.137. The average Bonchev–Trinajstić information content (AvgIpc) is 2.87. The average molecular weight is 358 g/mol. The van der Waals surface area contributed by atoms with Crippen molar-refractivity contribution in [2.24, 2.45) is 0 Å². The van der Waals surface area contributed by atoms with Crippen molar-refractivity contribution in [2.75, 3.05) is 13.1 Å². The van der Waals surface area contributed by atoms with Crippen LogP contribution in [0.4, 0.5) is 0 Å². The van der Waals surface area contributed by atoms with E-state index in [0.717, 1.165) is 0 Å². The number of rotatable bonds is 2. The van der Waals surface area contributed by atoms with Crippen LogP contribution in [0.3, 0.4) is 0 Å². The summed E-state index contributed by atoms with van der Waals surface area (Å²) < 4.78 is 0. The first-order valence-electron chi connectivity index (χ1n) is 9.01. The molecule has 26 heavy (non-hydrogen) atoms. The van der Waals surface area contributed by atoms with Crippen molar-refractivity contribution >= 4 is 17.7 Å². The number of nitrogens with zero attached hydrogens (tertiary/aromatic N) is 2. The van der Waals surface area contributed by atoms with Crippen LogP contribution in [-0.4, -0.2) is 51.8 Å². The molecular weight excluding hydrogens is 336 g/mol. The summed E-state index contributed by atoms with van der Waals surface area (Å²) in [5, 5.41) is 16.4. The van der Waals surface area contributed by atoms with Gasteiger partial charge in [0.2, 0.25) is 11.8 Å². The lowest BCUT2D eigenvalue weighted by Gasteiger charge is -2.33. The van der Waals surface area contributed by atoms with Crippen LogP contribution in [0.2, 0.25) is 0 Å². The van der Waals surface area contributed by atoms with E-state index >= 15 is 0 Å². The number of imide groups is 1. The van der Waals surface area contributed by atoms with Crippen LogP contribution >= 0.6 is 0 Å². The summed E-state index contributed by atoms with van der Waals surface area (Å²) in [4.78, 5) is 42.6. The van der Waals surface area contributed by atoms with E-state index in [1.807, 2.05) is 6.92 Å². The first-order valence-corrected chi connectivity index (χ1v) is 9.01. The monoisotopic (exact) mass is 358 g/mol. The van der Waals surface area contributed by atoms with E-state index in [1.165, 1.54) is 4.90 Å². The predicted molar refractivity (Wildman–Crippen MR) is 91.0 cm³/mol. The Kier molecular flexibility index (Phi) is 4.04. The Bertz CT molecular complexity index is 787. The fraction of sp³-hybridized carbons (Fsp3) is 0.556. The number of carbonyl (C=O) groups excluding carboxylic acids is 3. The number of carbonyl (C=O) groups is 3. The molecular formula is C18H22N4O4. The van der Waals surface area contributed by atoms with Crippen molar-refractivity contribution in [2.45, 2.75) is 50.3 Å². The third kappa shape index (κ3) is 2.60. The van der Waals surface area contributed by atoms with Crippen molar-refractivity contribution in [1.82, 2.24) is 20.5 Å². The van der Waals surface area contributed by atoms with Crippen LogP contribution in [0, 0.1) is 0 Å². The van der Waals surface area contributed by atoms with Crippen molar-refractivity contribution in [3.8, 4) is 0 Å². The van der Waals surface area contributed by atoms with Gasteiger partial charge in [0.1, 0.15) is 11.6 Å². The molecule has 8 heteroatoms. The SMILES string of the molecule is C[C@H]1c2nc(C3(O)CCNCC3)ccc2C(=O)N1[C@H]1CCC(=O)NC1=O. The smallest absolute Gasteiger partial charge is 0.257 e. The van der Waals surface area contributed by atoms with Crippen molar-refractivity contribution in [3.05, 3.63) is 29.1 Å². The lowest BCUT2D eigenvalue weighted by atomic mass is 9.88. The second kappa shape index (κ2) is 6.14. The van der Waals surface area contributed by atoms with Crippen LogP contribution in [0.25, 0.3) is 0 Å². The molecule has 2 fully saturated rings. The van der Waals surface area contributed by atoms with Gasteiger partial charge in [0.15, 0.2) is 0 Å². The molecule has 3 amide bonds. The summed E-state index contributed by atoms with van der Waals surface area (Å²) in [5.74, 6) is -0.999. The van der Waals surface area contributed by atoms with Gasteiger partial charge in [-0.25, -0.2) is 0 Å². The van der Waals surface area contributed by atoms with Gasteiger partial charge < -0.3 is 15.3 Å². The molecule has 1 aromatic heterocycles. The van der Waals surface area contributed by atoms with Gasteiger partial charge in [0.25, 0.3) is 5.91 Å². The number of hydrogen-bond donors (Lipinski definition) is 3. The van der Waals surface area contributed by atoms with E-state index in [4.69, 9.17) is 0 Å². The third-order valence-electron chi connectivity index (χ3n) is 5.66. The molecule has 0 spiro atoms. The molecule has 0 aliphatic carbocycles. The number of amides is 3. The van der Waals surface area contributed by atoms with Gasteiger partial charge >= 0.3 is 0 Å². The van der Waals surface area contributed by atoms with Gasteiger partial charge in [-0.2, -0.15) is 0 Å². The van der Waals surface area contributed by atoms with E-state index in [2.05, 4.69) is 15.6 Å². The molecule has 0 unspecified atom stereocenters. The topological polar surface area (TPSA) is 112 Å². The maximum atomic E-state index is 12.8. The summed E-state index contributed by atoms with van der Waals surface area (Å²) in [6.45, 7) is 3.26. The third-order valence-corrected chi connectivity index (χ3v) is 5.66. The molecule has 4 rings (SSSR count). The first kappa shape index (κ1) is 17.1. The van der Waals surface area contributed by atoms with Crippen LogP contribution in [0.1, 0.15) is 60.4 Å². The van der Waals surface area contributed by atoms with Gasteiger partial charge in [0.05, 0.1) is 23.0 Å². The minimum atomic E-state index is -0.995. The van der Waals surface area contributed by atoms with Crippen molar-refractivity contribution < 1.29 is 19.5 Å². The van der Waals surface area contributed by atoms with Crippen LogP contribution in [0.15, 0.2) is 12.1 Å². The standard InChI is InChI=1S/C18H22N4O4/c1-10-15-11(2-4-13(20-15)18(26)6-8-19-9-7-18)17(25)22(10)12-3-5-14(23)21-16(12)24/h2,4,10,12,19,26H,3,5-9H2,1H3,(H,21,23,24)/t10-,12-/m0/s1. The molecule has 0 saturated carbocycles. The maximum Gasteiger partial charge on any atom is 0.257 e. The lowest BCUT2D eigenvalue weighted by Crippen LogP contribution is -2.53. The summed E-state index contributed by atoms with van der Waals surface area (Å²) in [7, 11) is 0. The Morgan fingerprint density at radius 3 is 2.65 bits per heavy atom. The predicted octanol–water partition coefficient (Wildman–Crippen LogP) is -0.0254. The second-order valence-electron chi connectivity index (χ2n) is 7.27. The fourth-order valence-electron chi connectivity index (χ4n) is 4.14. The highest BCUT2D eigenvalue weighted by Crippen LogP contribution is 2.38. The van der Waals surface area contributed by atoms with Crippen molar-refractivity contribution in [3.63, 3.8) is 0 Å². The molecule has 0 bridgehead atoms. The van der Waals surface area contributed by atoms with Crippen LogP contribution in [-0.2, 0) is 15.2 Å². The number of pyridine rings is 1. The van der Waals surface area contributed by atoms with Gasteiger partial charge in [0, 0.05) is 6.42 Å². The largest absolute Gasteiger partial charge is 0.383 e. The maximum absolute atomic E-state index is 12.8. The number of nitrogens with one attached hydrogen (secondary N) is 2. The van der Waals surface area contributed by atoms with E-state index in [1.54, 1.807) is 12.1 Å².